The summed E-state index contributed by atoms with van der Waals surface area (Å²) >= 11 is 5.75. The first-order valence-electron chi connectivity index (χ1n) is 6.51. The standard InChI is InChI=1S/C15H22ClNO2/c1-12(2)11-17(8-9-19-3)15(18)14-6-4-13(10-16)5-7-14/h4-7,12H,8-11H2,1-3H3. The average molecular weight is 284 g/mol. The summed E-state index contributed by atoms with van der Waals surface area (Å²) in [5.41, 5.74) is 1.72. The summed E-state index contributed by atoms with van der Waals surface area (Å²) in [6, 6.07) is 7.45. The Morgan fingerprint density at radius 2 is 1.95 bits per heavy atom. The fourth-order valence-corrected chi connectivity index (χ4v) is 2.02. The highest BCUT2D eigenvalue weighted by atomic mass is 35.5. The Hall–Kier alpha value is -1.06. The summed E-state index contributed by atoms with van der Waals surface area (Å²) < 4.78 is 5.07. The first-order valence-corrected chi connectivity index (χ1v) is 7.05. The minimum Gasteiger partial charge on any atom is -0.383 e. The zero-order valence-electron chi connectivity index (χ0n) is 11.9. The van der Waals surface area contributed by atoms with Crippen LogP contribution in [0.15, 0.2) is 24.3 Å². The molecule has 0 aliphatic heterocycles. The predicted octanol–water partition coefficient (Wildman–Crippen LogP) is 3.17. The highest BCUT2D eigenvalue weighted by Gasteiger charge is 2.16. The molecule has 0 aromatic heterocycles. The molecule has 106 valence electrons. The number of ether oxygens (including phenoxy) is 1. The largest absolute Gasteiger partial charge is 0.383 e. The van der Waals surface area contributed by atoms with Crippen molar-refractivity contribution < 1.29 is 9.53 Å². The number of alkyl halides is 1. The van der Waals surface area contributed by atoms with Gasteiger partial charge in [0.25, 0.3) is 5.91 Å². The van der Waals surface area contributed by atoms with E-state index >= 15 is 0 Å². The van der Waals surface area contributed by atoms with Crippen LogP contribution in [-0.2, 0) is 10.6 Å². The zero-order chi connectivity index (χ0) is 14.3. The molecule has 1 aromatic rings. The number of benzene rings is 1. The molecule has 0 unspecified atom stereocenters. The number of halogens is 1. The third-order valence-corrected chi connectivity index (χ3v) is 3.10. The van der Waals surface area contributed by atoms with E-state index in [9.17, 15) is 4.79 Å². The van der Waals surface area contributed by atoms with Crippen molar-refractivity contribution in [2.45, 2.75) is 19.7 Å². The van der Waals surface area contributed by atoms with Gasteiger partial charge in [0.2, 0.25) is 0 Å². The summed E-state index contributed by atoms with van der Waals surface area (Å²) in [5.74, 6) is 0.947. The van der Waals surface area contributed by atoms with E-state index in [1.54, 1.807) is 7.11 Å². The molecule has 1 amide bonds. The number of nitrogens with zero attached hydrogens (tertiary/aromatic N) is 1. The maximum absolute atomic E-state index is 12.4. The van der Waals surface area contributed by atoms with Gasteiger partial charge in [0.1, 0.15) is 0 Å². The van der Waals surface area contributed by atoms with E-state index < -0.39 is 0 Å². The molecule has 0 saturated carbocycles. The quantitative estimate of drug-likeness (QED) is 0.720. The van der Waals surface area contributed by atoms with Crippen molar-refractivity contribution >= 4 is 17.5 Å². The molecule has 0 aliphatic carbocycles. The Labute approximate surface area is 120 Å². The predicted molar refractivity (Wildman–Crippen MR) is 78.6 cm³/mol. The summed E-state index contributed by atoms with van der Waals surface area (Å²) in [6.45, 7) is 6.11. The molecule has 0 spiro atoms. The van der Waals surface area contributed by atoms with Crippen LogP contribution in [0.25, 0.3) is 0 Å². The molecule has 0 fully saturated rings. The Morgan fingerprint density at radius 1 is 1.32 bits per heavy atom. The van der Waals surface area contributed by atoms with Crippen LogP contribution in [0, 0.1) is 5.92 Å². The van der Waals surface area contributed by atoms with Gasteiger partial charge in [-0.15, -0.1) is 11.6 Å². The van der Waals surface area contributed by atoms with Crippen LogP contribution in [0.4, 0.5) is 0 Å². The van der Waals surface area contributed by atoms with Gasteiger partial charge in [-0.3, -0.25) is 4.79 Å². The maximum atomic E-state index is 12.4. The van der Waals surface area contributed by atoms with Crippen molar-refractivity contribution in [2.24, 2.45) is 5.92 Å². The summed E-state index contributed by atoms with van der Waals surface area (Å²) in [6.07, 6.45) is 0. The van der Waals surface area contributed by atoms with Crippen LogP contribution in [0.5, 0.6) is 0 Å². The number of carbonyl (C=O) groups is 1. The van der Waals surface area contributed by atoms with E-state index in [1.165, 1.54) is 0 Å². The van der Waals surface area contributed by atoms with Gasteiger partial charge in [0.05, 0.1) is 6.61 Å². The van der Waals surface area contributed by atoms with E-state index in [0.29, 0.717) is 30.5 Å². The van der Waals surface area contributed by atoms with Gasteiger partial charge in [-0.05, 0) is 23.6 Å². The summed E-state index contributed by atoms with van der Waals surface area (Å²) in [5, 5.41) is 0. The summed E-state index contributed by atoms with van der Waals surface area (Å²) in [7, 11) is 1.65. The fourth-order valence-electron chi connectivity index (χ4n) is 1.84. The third kappa shape index (κ3) is 5.21. The van der Waals surface area contributed by atoms with E-state index in [2.05, 4.69) is 13.8 Å². The Morgan fingerprint density at radius 3 is 2.42 bits per heavy atom. The molecule has 1 aromatic carbocycles. The molecule has 1 rings (SSSR count). The first kappa shape index (κ1) is 16.0. The highest BCUT2D eigenvalue weighted by molar-refractivity contribution is 6.17. The number of hydrogen-bond donors (Lipinski definition) is 0. The smallest absolute Gasteiger partial charge is 0.253 e. The van der Waals surface area contributed by atoms with Crippen LogP contribution in [0.2, 0.25) is 0 Å². The topological polar surface area (TPSA) is 29.5 Å². The van der Waals surface area contributed by atoms with Crippen LogP contribution in [0.1, 0.15) is 29.8 Å². The lowest BCUT2D eigenvalue weighted by Gasteiger charge is -2.24. The van der Waals surface area contributed by atoms with Crippen molar-refractivity contribution in [3.05, 3.63) is 35.4 Å². The van der Waals surface area contributed by atoms with Crippen molar-refractivity contribution in [3.63, 3.8) is 0 Å². The fraction of sp³-hybridized carbons (Fsp3) is 0.533. The van der Waals surface area contributed by atoms with Crippen molar-refractivity contribution in [1.82, 2.24) is 4.90 Å². The molecule has 0 aliphatic rings. The second-order valence-electron chi connectivity index (χ2n) is 4.97. The lowest BCUT2D eigenvalue weighted by atomic mass is 10.1. The molecule has 0 bridgehead atoms. The maximum Gasteiger partial charge on any atom is 0.253 e. The second-order valence-corrected chi connectivity index (χ2v) is 5.24. The molecule has 0 heterocycles. The molecule has 0 N–H and O–H groups in total. The van der Waals surface area contributed by atoms with Crippen molar-refractivity contribution in [2.75, 3.05) is 26.8 Å². The monoisotopic (exact) mass is 283 g/mol. The normalized spacial score (nSPS) is 10.8. The van der Waals surface area contributed by atoms with Gasteiger partial charge in [0, 0.05) is 31.6 Å². The Bertz CT molecular complexity index is 390. The van der Waals surface area contributed by atoms with Gasteiger partial charge in [0.15, 0.2) is 0 Å². The lowest BCUT2D eigenvalue weighted by Crippen LogP contribution is -2.36. The van der Waals surface area contributed by atoms with E-state index in [1.807, 2.05) is 29.2 Å². The van der Waals surface area contributed by atoms with Gasteiger partial charge in [-0.2, -0.15) is 0 Å². The molecule has 0 atom stereocenters. The Kier molecular flexibility index (Phi) is 6.89. The SMILES string of the molecule is COCCN(CC(C)C)C(=O)c1ccc(CCl)cc1. The number of carbonyl (C=O) groups excluding carboxylic acids is 1. The van der Waals surface area contributed by atoms with E-state index in [0.717, 1.165) is 12.1 Å². The third-order valence-electron chi connectivity index (χ3n) is 2.79. The zero-order valence-corrected chi connectivity index (χ0v) is 12.6. The molecular formula is C15H22ClNO2. The lowest BCUT2D eigenvalue weighted by molar-refractivity contribution is 0.0672. The summed E-state index contributed by atoms with van der Waals surface area (Å²) in [4.78, 5) is 14.3. The van der Waals surface area contributed by atoms with Gasteiger partial charge in [-0.25, -0.2) is 0 Å². The van der Waals surface area contributed by atoms with Gasteiger partial charge < -0.3 is 9.64 Å². The van der Waals surface area contributed by atoms with Crippen LogP contribution in [0.3, 0.4) is 0 Å². The first-order chi connectivity index (χ1) is 9.08. The number of hydrogen-bond acceptors (Lipinski definition) is 2. The molecule has 0 saturated heterocycles. The molecular weight excluding hydrogens is 262 g/mol. The number of methoxy groups -OCH3 is 1. The molecule has 3 nitrogen and oxygen atoms in total. The number of rotatable bonds is 7. The van der Waals surface area contributed by atoms with Gasteiger partial charge >= 0.3 is 0 Å². The number of amides is 1. The van der Waals surface area contributed by atoms with Crippen molar-refractivity contribution in [3.8, 4) is 0 Å². The minimum absolute atomic E-state index is 0.0480. The van der Waals surface area contributed by atoms with Crippen LogP contribution in [-0.4, -0.2) is 37.6 Å². The van der Waals surface area contributed by atoms with Crippen LogP contribution >= 0.6 is 11.6 Å². The second kappa shape index (κ2) is 8.18. The molecule has 4 heteroatoms. The average Bonchev–Trinajstić information content (AvgIpc) is 2.42. The van der Waals surface area contributed by atoms with E-state index in [4.69, 9.17) is 16.3 Å². The Balaban J connectivity index is 2.78. The molecule has 19 heavy (non-hydrogen) atoms. The van der Waals surface area contributed by atoms with E-state index in [-0.39, 0.29) is 5.91 Å². The van der Waals surface area contributed by atoms with Crippen LogP contribution < -0.4 is 0 Å². The molecule has 0 radical (unpaired) electrons. The van der Waals surface area contributed by atoms with Gasteiger partial charge in [-0.1, -0.05) is 26.0 Å². The minimum atomic E-state index is 0.0480. The highest BCUT2D eigenvalue weighted by Crippen LogP contribution is 2.11. The van der Waals surface area contributed by atoms with Crippen molar-refractivity contribution in [1.29, 1.82) is 0 Å².